The molecule has 0 radical (unpaired) electrons. The number of carbonyl (C=O) groups excluding carboxylic acids is 2. The number of hydrogen-bond donors (Lipinski definition) is 2. The van der Waals surface area contributed by atoms with Gasteiger partial charge in [0.2, 0.25) is 5.91 Å². The third kappa shape index (κ3) is 4.15. The Morgan fingerprint density at radius 2 is 1.93 bits per heavy atom. The van der Waals surface area contributed by atoms with E-state index in [2.05, 4.69) is 10.6 Å². The molecule has 1 aliphatic heterocycles. The molecule has 0 bridgehead atoms. The number of benzene rings is 1. The predicted molar refractivity (Wildman–Crippen MR) is 103 cm³/mol. The highest BCUT2D eigenvalue weighted by Gasteiger charge is 2.35. The lowest BCUT2D eigenvalue weighted by molar-refractivity contribution is -0.129. The first-order valence-corrected chi connectivity index (χ1v) is 9.67. The van der Waals surface area contributed by atoms with Crippen molar-refractivity contribution >= 4 is 17.6 Å². The van der Waals surface area contributed by atoms with Crippen LogP contribution in [0.5, 0.6) is 0 Å². The Balaban J connectivity index is 1.24. The molecule has 0 unspecified atom stereocenters. The molecule has 142 valence electrons. The number of furan rings is 1. The minimum Gasteiger partial charge on any atom is -0.464 e. The standard InChI is InChI=1S/C21H25N3O3/c25-20-12-15(14-24(20)18-4-1-2-5-18)13-22-21(26)23-17-9-7-16(8-10-17)19-6-3-11-27-19/h3,6-11,15,18H,1-2,4-5,12-14H2,(H2,22,23,26)/t15-/m0/s1. The van der Waals surface area contributed by atoms with Crippen molar-refractivity contribution in [2.75, 3.05) is 18.4 Å². The highest BCUT2D eigenvalue weighted by Crippen LogP contribution is 2.29. The number of urea groups is 1. The van der Waals surface area contributed by atoms with Crippen LogP contribution in [0.3, 0.4) is 0 Å². The number of anilines is 1. The summed E-state index contributed by atoms with van der Waals surface area (Å²) in [5.74, 6) is 1.23. The van der Waals surface area contributed by atoms with Gasteiger partial charge in [-0.1, -0.05) is 12.8 Å². The molecule has 2 N–H and O–H groups in total. The van der Waals surface area contributed by atoms with Crippen LogP contribution in [0.1, 0.15) is 32.1 Å². The van der Waals surface area contributed by atoms with Gasteiger partial charge in [-0.25, -0.2) is 4.79 Å². The molecule has 1 saturated heterocycles. The van der Waals surface area contributed by atoms with Crippen LogP contribution in [0.25, 0.3) is 11.3 Å². The first-order valence-electron chi connectivity index (χ1n) is 9.67. The van der Waals surface area contributed by atoms with Crippen molar-refractivity contribution in [2.45, 2.75) is 38.1 Å². The summed E-state index contributed by atoms with van der Waals surface area (Å²) in [6, 6.07) is 11.4. The van der Waals surface area contributed by atoms with Crippen molar-refractivity contribution in [3.63, 3.8) is 0 Å². The summed E-state index contributed by atoms with van der Waals surface area (Å²) in [7, 11) is 0. The summed E-state index contributed by atoms with van der Waals surface area (Å²) in [4.78, 5) is 26.4. The number of amides is 3. The molecule has 6 nitrogen and oxygen atoms in total. The summed E-state index contributed by atoms with van der Waals surface area (Å²) in [6.45, 7) is 1.28. The van der Waals surface area contributed by atoms with Gasteiger partial charge in [-0.15, -0.1) is 0 Å². The van der Waals surface area contributed by atoms with E-state index in [1.807, 2.05) is 41.3 Å². The van der Waals surface area contributed by atoms with Crippen molar-refractivity contribution in [2.24, 2.45) is 5.92 Å². The molecule has 2 aliphatic rings. The molecule has 27 heavy (non-hydrogen) atoms. The molecule has 1 aliphatic carbocycles. The zero-order chi connectivity index (χ0) is 18.6. The number of likely N-dealkylation sites (tertiary alicyclic amines) is 1. The van der Waals surface area contributed by atoms with Crippen LogP contribution in [-0.4, -0.2) is 36.0 Å². The van der Waals surface area contributed by atoms with Crippen LogP contribution in [-0.2, 0) is 4.79 Å². The van der Waals surface area contributed by atoms with Gasteiger partial charge in [-0.05, 0) is 49.2 Å². The fourth-order valence-corrected chi connectivity index (χ4v) is 4.09. The zero-order valence-corrected chi connectivity index (χ0v) is 15.3. The number of rotatable bonds is 5. The second-order valence-corrected chi connectivity index (χ2v) is 7.44. The van der Waals surface area contributed by atoms with E-state index in [0.29, 0.717) is 19.0 Å². The Hall–Kier alpha value is -2.76. The van der Waals surface area contributed by atoms with Crippen LogP contribution in [0.4, 0.5) is 10.5 Å². The Kier molecular flexibility index (Phi) is 5.14. The average molecular weight is 367 g/mol. The van der Waals surface area contributed by atoms with Crippen LogP contribution >= 0.6 is 0 Å². The van der Waals surface area contributed by atoms with E-state index in [-0.39, 0.29) is 17.9 Å². The Bertz CT molecular complexity index is 780. The molecule has 1 aromatic heterocycles. The van der Waals surface area contributed by atoms with Crippen LogP contribution < -0.4 is 10.6 Å². The van der Waals surface area contributed by atoms with Gasteiger partial charge in [0, 0.05) is 42.7 Å². The van der Waals surface area contributed by atoms with Gasteiger partial charge in [0.15, 0.2) is 0 Å². The number of nitrogens with one attached hydrogen (secondary N) is 2. The predicted octanol–water partition coefficient (Wildman–Crippen LogP) is 3.86. The second-order valence-electron chi connectivity index (χ2n) is 7.44. The molecule has 1 saturated carbocycles. The maximum Gasteiger partial charge on any atom is 0.319 e. The van der Waals surface area contributed by atoms with Gasteiger partial charge < -0.3 is 20.0 Å². The summed E-state index contributed by atoms with van der Waals surface area (Å²) in [5.41, 5.74) is 1.68. The Labute approximate surface area is 158 Å². The summed E-state index contributed by atoms with van der Waals surface area (Å²) in [6.07, 6.45) is 6.86. The van der Waals surface area contributed by atoms with Crippen molar-refractivity contribution in [1.82, 2.24) is 10.2 Å². The Morgan fingerprint density at radius 1 is 1.15 bits per heavy atom. The zero-order valence-electron chi connectivity index (χ0n) is 15.3. The van der Waals surface area contributed by atoms with Gasteiger partial charge in [-0.3, -0.25) is 4.79 Å². The monoisotopic (exact) mass is 367 g/mol. The average Bonchev–Trinajstić information content (AvgIpc) is 3.42. The van der Waals surface area contributed by atoms with Crippen molar-refractivity contribution in [3.8, 4) is 11.3 Å². The van der Waals surface area contributed by atoms with Gasteiger partial charge in [0.25, 0.3) is 0 Å². The summed E-state index contributed by atoms with van der Waals surface area (Å²) < 4.78 is 5.36. The minimum absolute atomic E-state index is 0.199. The van der Waals surface area contributed by atoms with Gasteiger partial charge >= 0.3 is 6.03 Å². The van der Waals surface area contributed by atoms with E-state index in [1.54, 1.807) is 6.26 Å². The van der Waals surface area contributed by atoms with E-state index in [0.717, 1.165) is 36.4 Å². The third-order valence-electron chi connectivity index (χ3n) is 5.50. The SMILES string of the molecule is O=C(NC[C@@H]1CC(=O)N(C2CCCC2)C1)Nc1ccc(-c2ccco2)cc1. The molecule has 4 rings (SSSR count). The number of carbonyl (C=O) groups is 2. The van der Waals surface area contributed by atoms with E-state index in [1.165, 1.54) is 12.8 Å². The fraction of sp³-hybridized carbons (Fsp3) is 0.429. The van der Waals surface area contributed by atoms with Gasteiger partial charge in [-0.2, -0.15) is 0 Å². The smallest absolute Gasteiger partial charge is 0.319 e. The maximum absolute atomic E-state index is 12.2. The quantitative estimate of drug-likeness (QED) is 0.843. The molecular weight excluding hydrogens is 342 g/mol. The fourth-order valence-electron chi connectivity index (χ4n) is 4.09. The lowest BCUT2D eigenvalue weighted by Crippen LogP contribution is -2.36. The molecule has 0 spiro atoms. The van der Waals surface area contributed by atoms with Crippen LogP contribution in [0, 0.1) is 5.92 Å². The van der Waals surface area contributed by atoms with E-state index < -0.39 is 0 Å². The topological polar surface area (TPSA) is 74.6 Å². The van der Waals surface area contributed by atoms with E-state index in [4.69, 9.17) is 4.42 Å². The van der Waals surface area contributed by atoms with Crippen molar-refractivity contribution in [3.05, 3.63) is 42.7 Å². The first-order chi connectivity index (χ1) is 13.2. The lowest BCUT2D eigenvalue weighted by atomic mass is 10.1. The third-order valence-corrected chi connectivity index (χ3v) is 5.50. The molecule has 2 heterocycles. The van der Waals surface area contributed by atoms with Crippen LogP contribution in [0.2, 0.25) is 0 Å². The first kappa shape index (κ1) is 17.6. The summed E-state index contributed by atoms with van der Waals surface area (Å²) in [5, 5.41) is 5.74. The van der Waals surface area contributed by atoms with Crippen molar-refractivity contribution in [1.29, 1.82) is 0 Å². The van der Waals surface area contributed by atoms with E-state index in [9.17, 15) is 9.59 Å². The highest BCUT2D eigenvalue weighted by molar-refractivity contribution is 5.89. The molecule has 1 atom stereocenters. The Morgan fingerprint density at radius 3 is 2.63 bits per heavy atom. The molecule has 3 amide bonds. The second kappa shape index (κ2) is 7.86. The highest BCUT2D eigenvalue weighted by atomic mass is 16.3. The van der Waals surface area contributed by atoms with E-state index >= 15 is 0 Å². The number of hydrogen-bond acceptors (Lipinski definition) is 3. The van der Waals surface area contributed by atoms with Gasteiger partial charge in [0.1, 0.15) is 5.76 Å². The van der Waals surface area contributed by atoms with Crippen molar-refractivity contribution < 1.29 is 14.0 Å². The normalized spacial score (nSPS) is 20.2. The maximum atomic E-state index is 12.2. The number of nitrogens with zero attached hydrogens (tertiary/aromatic N) is 1. The molecule has 2 fully saturated rings. The molecule has 6 heteroatoms. The molecule has 1 aromatic carbocycles. The van der Waals surface area contributed by atoms with Gasteiger partial charge in [0.05, 0.1) is 6.26 Å². The lowest BCUT2D eigenvalue weighted by Gasteiger charge is -2.24. The van der Waals surface area contributed by atoms with Crippen LogP contribution in [0.15, 0.2) is 47.1 Å². The largest absolute Gasteiger partial charge is 0.464 e. The molecular formula is C21H25N3O3. The molecule has 2 aromatic rings. The summed E-state index contributed by atoms with van der Waals surface area (Å²) >= 11 is 0. The minimum atomic E-state index is -0.243.